The quantitative estimate of drug-likeness (QED) is 0.751. The molecule has 3 rings (SSSR count). The van der Waals surface area contributed by atoms with E-state index in [-0.39, 0.29) is 0 Å². The third-order valence-electron chi connectivity index (χ3n) is 3.97. The number of anilines is 1. The van der Waals surface area contributed by atoms with Gasteiger partial charge < -0.3 is 11.1 Å². The molecule has 3 N–H and O–H groups in total. The first-order valence-corrected chi connectivity index (χ1v) is 7.76. The zero-order chi connectivity index (χ0) is 17.8. The first-order valence-electron chi connectivity index (χ1n) is 7.76. The summed E-state index contributed by atoms with van der Waals surface area (Å²) < 4.78 is 1.79. The van der Waals surface area contributed by atoms with Crippen LogP contribution in [0, 0.1) is 18.3 Å². The molecule has 0 aliphatic rings. The van der Waals surface area contributed by atoms with Gasteiger partial charge in [0.1, 0.15) is 6.04 Å². The fourth-order valence-electron chi connectivity index (χ4n) is 2.61. The molecule has 3 aromatic rings. The maximum atomic E-state index is 11.9. The zero-order valence-electron chi connectivity index (χ0n) is 13.7. The number of nitrogens with zero attached hydrogens (tertiary/aromatic N) is 3. The van der Waals surface area contributed by atoms with Crippen LogP contribution in [0.1, 0.15) is 22.9 Å². The predicted octanol–water partition coefficient (Wildman–Crippen LogP) is 2.69. The minimum atomic E-state index is -0.708. The van der Waals surface area contributed by atoms with E-state index >= 15 is 0 Å². The van der Waals surface area contributed by atoms with Crippen LogP contribution in [0.2, 0.25) is 0 Å². The molecule has 6 nitrogen and oxygen atoms in total. The smallest absolute Gasteiger partial charge is 0.244 e. The maximum Gasteiger partial charge on any atom is 0.244 e. The van der Waals surface area contributed by atoms with Crippen LogP contribution in [0.5, 0.6) is 0 Å². The largest absolute Gasteiger partial charge is 0.368 e. The lowest BCUT2D eigenvalue weighted by Crippen LogP contribution is -2.27. The number of primary amides is 1. The van der Waals surface area contributed by atoms with Crippen LogP contribution >= 0.6 is 0 Å². The van der Waals surface area contributed by atoms with Crippen molar-refractivity contribution in [3.8, 4) is 11.8 Å². The van der Waals surface area contributed by atoms with Gasteiger partial charge in [0.25, 0.3) is 0 Å². The summed E-state index contributed by atoms with van der Waals surface area (Å²) in [5.41, 5.74) is 9.30. The number of nitrogens with two attached hydrogens (primary N) is 1. The molecule has 0 saturated carbocycles. The number of para-hydroxylation sites is 1. The number of carbonyl (C=O) groups is 1. The van der Waals surface area contributed by atoms with E-state index in [1.54, 1.807) is 35.1 Å². The second-order valence-electron chi connectivity index (χ2n) is 5.60. The normalized spacial score (nSPS) is 11.5. The molecule has 25 heavy (non-hydrogen) atoms. The van der Waals surface area contributed by atoms with Crippen LogP contribution in [0.4, 0.5) is 5.69 Å². The molecule has 1 atom stereocenters. The number of hydrogen-bond acceptors (Lipinski definition) is 4. The van der Waals surface area contributed by atoms with Crippen LogP contribution in [-0.4, -0.2) is 15.7 Å². The van der Waals surface area contributed by atoms with E-state index in [1.807, 2.05) is 37.3 Å². The van der Waals surface area contributed by atoms with Crippen molar-refractivity contribution in [1.29, 1.82) is 5.26 Å². The highest BCUT2D eigenvalue weighted by Crippen LogP contribution is 2.24. The molecule has 124 valence electrons. The van der Waals surface area contributed by atoms with Gasteiger partial charge in [0.15, 0.2) is 0 Å². The van der Waals surface area contributed by atoms with Gasteiger partial charge in [-0.15, -0.1) is 0 Å². The molecule has 0 unspecified atom stereocenters. The van der Waals surface area contributed by atoms with Crippen molar-refractivity contribution in [2.24, 2.45) is 5.73 Å². The minimum absolute atomic E-state index is 0.503. The van der Waals surface area contributed by atoms with Crippen LogP contribution < -0.4 is 11.1 Å². The molecule has 6 heteroatoms. The van der Waals surface area contributed by atoms with Gasteiger partial charge in [0.05, 0.1) is 34.9 Å². The molecular formula is C19H17N5O. The SMILES string of the molecule is Cc1c(N[C@H](C(N)=O)c2ccc(C#N)cc2)cnn1-c1ccccc1. The molecule has 0 fully saturated rings. The first-order chi connectivity index (χ1) is 12.1. The standard InChI is InChI=1S/C19H17N5O/c1-13-17(12-22-24(13)16-5-3-2-4-6-16)23-18(19(21)25)15-9-7-14(11-20)8-10-15/h2-10,12,18,23H,1H3,(H2,21,25)/t18-/m0/s1. The van der Waals surface area contributed by atoms with Crippen molar-refractivity contribution in [2.45, 2.75) is 13.0 Å². The molecule has 0 spiro atoms. The number of amides is 1. The van der Waals surface area contributed by atoms with Gasteiger partial charge in [-0.25, -0.2) is 4.68 Å². The number of aromatic nitrogens is 2. The highest BCUT2D eigenvalue weighted by atomic mass is 16.1. The summed E-state index contributed by atoms with van der Waals surface area (Å²) in [5.74, 6) is -0.503. The number of benzene rings is 2. The maximum absolute atomic E-state index is 11.9. The molecule has 2 aromatic carbocycles. The lowest BCUT2D eigenvalue weighted by atomic mass is 10.0. The predicted molar refractivity (Wildman–Crippen MR) is 95.0 cm³/mol. The zero-order valence-corrected chi connectivity index (χ0v) is 13.7. The summed E-state index contributed by atoms with van der Waals surface area (Å²) in [4.78, 5) is 11.9. The molecule has 1 aromatic heterocycles. The number of rotatable bonds is 5. The van der Waals surface area contributed by atoms with Gasteiger partial charge >= 0.3 is 0 Å². The topological polar surface area (TPSA) is 96.7 Å². The number of nitriles is 1. The number of carbonyl (C=O) groups excluding carboxylic acids is 1. The summed E-state index contributed by atoms with van der Waals surface area (Å²) in [6, 6.07) is 17.8. The Morgan fingerprint density at radius 2 is 1.88 bits per heavy atom. The fourth-order valence-corrected chi connectivity index (χ4v) is 2.61. The third-order valence-corrected chi connectivity index (χ3v) is 3.97. The Morgan fingerprint density at radius 3 is 2.48 bits per heavy atom. The van der Waals surface area contributed by atoms with Crippen molar-refractivity contribution >= 4 is 11.6 Å². The van der Waals surface area contributed by atoms with E-state index < -0.39 is 11.9 Å². The summed E-state index contributed by atoms with van der Waals surface area (Å²) in [7, 11) is 0. The summed E-state index contributed by atoms with van der Waals surface area (Å²) >= 11 is 0. The van der Waals surface area contributed by atoms with Crippen molar-refractivity contribution in [3.63, 3.8) is 0 Å². The molecule has 0 saturated heterocycles. The number of nitrogens with one attached hydrogen (secondary N) is 1. The molecule has 0 aliphatic heterocycles. The third kappa shape index (κ3) is 3.35. The molecule has 0 radical (unpaired) electrons. The summed E-state index contributed by atoms with van der Waals surface area (Å²) in [6.45, 7) is 1.92. The Kier molecular flexibility index (Phi) is 4.48. The average Bonchev–Trinajstić information content (AvgIpc) is 3.01. The van der Waals surface area contributed by atoms with E-state index in [9.17, 15) is 4.79 Å². The Labute approximate surface area is 145 Å². The first kappa shape index (κ1) is 16.3. The van der Waals surface area contributed by atoms with Gasteiger partial charge in [-0.05, 0) is 36.8 Å². The van der Waals surface area contributed by atoms with E-state index in [4.69, 9.17) is 11.0 Å². The van der Waals surface area contributed by atoms with E-state index in [2.05, 4.69) is 16.5 Å². The Bertz CT molecular complexity index is 923. The van der Waals surface area contributed by atoms with Crippen LogP contribution in [0.25, 0.3) is 5.69 Å². The fraction of sp³-hybridized carbons (Fsp3) is 0.105. The Hall–Kier alpha value is -3.59. The lowest BCUT2D eigenvalue weighted by molar-refractivity contribution is -0.118. The highest BCUT2D eigenvalue weighted by Gasteiger charge is 2.20. The van der Waals surface area contributed by atoms with Crippen molar-refractivity contribution in [2.75, 3.05) is 5.32 Å². The molecule has 0 bridgehead atoms. The lowest BCUT2D eigenvalue weighted by Gasteiger charge is -2.17. The molecular weight excluding hydrogens is 314 g/mol. The van der Waals surface area contributed by atoms with Crippen LogP contribution in [0.15, 0.2) is 60.8 Å². The second-order valence-corrected chi connectivity index (χ2v) is 5.60. The second kappa shape index (κ2) is 6.89. The van der Waals surface area contributed by atoms with Gasteiger partial charge in [0, 0.05) is 0 Å². The van der Waals surface area contributed by atoms with Crippen LogP contribution in [-0.2, 0) is 4.79 Å². The van der Waals surface area contributed by atoms with E-state index in [0.717, 1.165) is 17.1 Å². The highest BCUT2D eigenvalue weighted by molar-refractivity contribution is 5.84. The Morgan fingerprint density at radius 1 is 1.20 bits per heavy atom. The van der Waals surface area contributed by atoms with Gasteiger partial charge in [-0.3, -0.25) is 4.79 Å². The van der Waals surface area contributed by atoms with Crippen LogP contribution in [0.3, 0.4) is 0 Å². The van der Waals surface area contributed by atoms with Gasteiger partial charge in [-0.1, -0.05) is 30.3 Å². The number of hydrogen-bond donors (Lipinski definition) is 2. The van der Waals surface area contributed by atoms with E-state index in [0.29, 0.717) is 11.1 Å². The summed E-state index contributed by atoms with van der Waals surface area (Å²) in [6.07, 6.45) is 1.67. The van der Waals surface area contributed by atoms with E-state index in [1.165, 1.54) is 0 Å². The molecule has 1 amide bonds. The molecule has 1 heterocycles. The van der Waals surface area contributed by atoms with Gasteiger partial charge in [0.2, 0.25) is 5.91 Å². The summed E-state index contributed by atoms with van der Waals surface area (Å²) in [5, 5.41) is 16.4. The minimum Gasteiger partial charge on any atom is -0.368 e. The molecule has 0 aliphatic carbocycles. The van der Waals surface area contributed by atoms with Crippen molar-refractivity contribution in [1.82, 2.24) is 9.78 Å². The van der Waals surface area contributed by atoms with Gasteiger partial charge in [-0.2, -0.15) is 10.4 Å². The van der Waals surface area contributed by atoms with Crippen molar-refractivity contribution < 1.29 is 4.79 Å². The monoisotopic (exact) mass is 331 g/mol. The van der Waals surface area contributed by atoms with Crippen molar-refractivity contribution in [3.05, 3.63) is 77.6 Å². The average molecular weight is 331 g/mol. The Balaban J connectivity index is 1.90.